The summed E-state index contributed by atoms with van der Waals surface area (Å²) >= 11 is 7.89. The molecule has 2 rings (SSSR count). The first-order valence-electron chi connectivity index (χ1n) is 5.65. The van der Waals surface area contributed by atoms with Crippen molar-refractivity contribution < 1.29 is 4.79 Å². The van der Waals surface area contributed by atoms with E-state index in [2.05, 4.69) is 31.4 Å². The van der Waals surface area contributed by atoms with Gasteiger partial charge in [0.1, 0.15) is 0 Å². The Kier molecular flexibility index (Phi) is 5.88. The van der Waals surface area contributed by atoms with Gasteiger partial charge in [0.15, 0.2) is 8.68 Å². The molecule has 0 bridgehead atoms. The molecule has 0 saturated carbocycles. The van der Waals surface area contributed by atoms with E-state index in [1.807, 2.05) is 31.4 Å². The highest BCUT2D eigenvalue weighted by atomic mass is 79.9. The molecule has 8 heteroatoms. The maximum absolute atomic E-state index is 11.9. The van der Waals surface area contributed by atoms with Gasteiger partial charge in [0.25, 0.3) is 0 Å². The molecule has 1 aromatic heterocycles. The third kappa shape index (κ3) is 4.47. The Hall–Kier alpha value is -0.570. The molecule has 0 aliphatic heterocycles. The topological polar surface area (TPSA) is 54.9 Å². The van der Waals surface area contributed by atoms with Gasteiger partial charge in [0.2, 0.25) is 5.91 Å². The van der Waals surface area contributed by atoms with E-state index in [4.69, 9.17) is 0 Å². The molecule has 0 unspecified atom stereocenters. The van der Waals surface area contributed by atoms with E-state index < -0.39 is 0 Å². The number of benzene rings is 1. The fourth-order valence-electron chi connectivity index (χ4n) is 1.37. The summed E-state index contributed by atoms with van der Waals surface area (Å²) < 4.78 is 2.61. The zero-order valence-electron chi connectivity index (χ0n) is 10.8. The summed E-state index contributed by atoms with van der Waals surface area (Å²) in [5, 5.41) is 10.9. The number of hydrogen-bond acceptors (Lipinski definition) is 6. The predicted octanol–water partition coefficient (Wildman–Crippen LogP) is 4.06. The third-order valence-electron chi connectivity index (χ3n) is 2.29. The van der Waals surface area contributed by atoms with Crippen molar-refractivity contribution in [2.45, 2.75) is 15.6 Å². The summed E-state index contributed by atoms with van der Waals surface area (Å²) in [6.07, 6.45) is 1.95. The number of carbonyl (C=O) groups excluding carboxylic acids is 1. The van der Waals surface area contributed by atoms with Crippen molar-refractivity contribution in [2.75, 3.05) is 17.3 Å². The molecule has 20 heavy (non-hydrogen) atoms. The van der Waals surface area contributed by atoms with Crippen LogP contribution in [0.1, 0.15) is 5.56 Å². The number of amides is 1. The number of nitrogens with zero attached hydrogens (tertiary/aromatic N) is 2. The van der Waals surface area contributed by atoms with Gasteiger partial charge in [-0.25, -0.2) is 0 Å². The molecular formula is C12H12BrN3OS3. The highest BCUT2D eigenvalue weighted by Crippen LogP contribution is 2.28. The molecule has 0 fully saturated rings. The Morgan fingerprint density at radius 3 is 2.80 bits per heavy atom. The van der Waals surface area contributed by atoms with Crippen LogP contribution < -0.4 is 5.32 Å². The molecule has 4 nitrogen and oxygen atoms in total. The van der Waals surface area contributed by atoms with Crippen LogP contribution in [0.5, 0.6) is 0 Å². The fraction of sp³-hybridized carbons (Fsp3) is 0.250. The minimum absolute atomic E-state index is 0.0551. The predicted molar refractivity (Wildman–Crippen MR) is 89.9 cm³/mol. The lowest BCUT2D eigenvalue weighted by Crippen LogP contribution is -2.14. The summed E-state index contributed by atoms with van der Waals surface area (Å²) in [6.45, 7) is 2.00. The molecule has 1 aromatic carbocycles. The number of thioether (sulfide) groups is 2. The first-order valence-corrected chi connectivity index (χ1v) is 9.47. The first kappa shape index (κ1) is 15.8. The largest absolute Gasteiger partial charge is 0.324 e. The molecule has 0 saturated heterocycles. The van der Waals surface area contributed by atoms with Gasteiger partial charge in [-0.2, -0.15) is 0 Å². The van der Waals surface area contributed by atoms with E-state index in [0.29, 0.717) is 5.75 Å². The van der Waals surface area contributed by atoms with Gasteiger partial charge in [-0.3, -0.25) is 4.79 Å². The third-order valence-corrected chi connectivity index (χ3v) is 5.98. The molecule has 1 N–H and O–H groups in total. The lowest BCUT2D eigenvalue weighted by Gasteiger charge is -2.07. The highest BCUT2D eigenvalue weighted by molar-refractivity contribution is 9.10. The van der Waals surface area contributed by atoms with Gasteiger partial charge in [0.05, 0.1) is 11.4 Å². The summed E-state index contributed by atoms with van der Waals surface area (Å²) in [5.74, 6) is 0.268. The summed E-state index contributed by atoms with van der Waals surface area (Å²) in [5.41, 5.74) is 1.92. The molecule has 1 heterocycles. The number of carbonyl (C=O) groups is 1. The number of aryl methyl sites for hydroxylation is 1. The number of rotatable bonds is 5. The van der Waals surface area contributed by atoms with Crippen LogP contribution in [0.25, 0.3) is 0 Å². The van der Waals surface area contributed by atoms with Crippen molar-refractivity contribution in [1.82, 2.24) is 10.2 Å². The van der Waals surface area contributed by atoms with E-state index in [9.17, 15) is 4.79 Å². The van der Waals surface area contributed by atoms with Crippen LogP contribution in [0.4, 0.5) is 5.69 Å². The van der Waals surface area contributed by atoms with Crippen LogP contribution in [0.2, 0.25) is 0 Å². The molecule has 0 aliphatic carbocycles. The van der Waals surface area contributed by atoms with Crippen molar-refractivity contribution in [3.63, 3.8) is 0 Å². The molecule has 0 radical (unpaired) electrons. The van der Waals surface area contributed by atoms with E-state index in [0.717, 1.165) is 24.4 Å². The standard InChI is InChI=1S/C12H12BrN3OS3/c1-7-3-4-9(8(13)5-7)14-10(17)6-19-12-16-15-11(18-2)20-12/h3-5H,6H2,1-2H3,(H,14,17). The molecule has 1 amide bonds. The van der Waals surface area contributed by atoms with Crippen LogP contribution in [0.15, 0.2) is 31.4 Å². The quantitative estimate of drug-likeness (QED) is 0.781. The normalized spacial score (nSPS) is 10.6. The van der Waals surface area contributed by atoms with E-state index in [1.165, 1.54) is 23.1 Å². The van der Waals surface area contributed by atoms with Crippen molar-refractivity contribution in [2.24, 2.45) is 0 Å². The Balaban J connectivity index is 1.89. The van der Waals surface area contributed by atoms with Crippen LogP contribution in [0, 0.1) is 6.92 Å². The Bertz CT molecular complexity index is 618. The number of hydrogen-bond donors (Lipinski definition) is 1. The average Bonchev–Trinajstić information content (AvgIpc) is 2.88. The van der Waals surface area contributed by atoms with Gasteiger partial charge in [0, 0.05) is 4.47 Å². The van der Waals surface area contributed by atoms with Crippen LogP contribution in [-0.2, 0) is 4.79 Å². The second-order valence-electron chi connectivity index (χ2n) is 3.86. The number of aromatic nitrogens is 2. The summed E-state index contributed by atoms with van der Waals surface area (Å²) in [6, 6.07) is 5.82. The Morgan fingerprint density at radius 2 is 2.15 bits per heavy atom. The van der Waals surface area contributed by atoms with Crippen LogP contribution in [-0.4, -0.2) is 28.1 Å². The van der Waals surface area contributed by atoms with Crippen molar-refractivity contribution in [3.8, 4) is 0 Å². The van der Waals surface area contributed by atoms with Gasteiger partial charge in [-0.05, 0) is 46.8 Å². The average molecular weight is 390 g/mol. The van der Waals surface area contributed by atoms with Gasteiger partial charge < -0.3 is 5.32 Å². The molecule has 0 spiro atoms. The second kappa shape index (κ2) is 7.44. The van der Waals surface area contributed by atoms with E-state index >= 15 is 0 Å². The first-order chi connectivity index (χ1) is 9.58. The number of halogens is 1. The van der Waals surface area contributed by atoms with Crippen molar-refractivity contribution in [1.29, 1.82) is 0 Å². The monoisotopic (exact) mass is 389 g/mol. The molecular weight excluding hydrogens is 378 g/mol. The Morgan fingerprint density at radius 1 is 1.40 bits per heavy atom. The highest BCUT2D eigenvalue weighted by Gasteiger charge is 2.09. The SMILES string of the molecule is CSc1nnc(SCC(=O)Nc2ccc(C)cc2Br)s1. The Labute approximate surface area is 138 Å². The molecule has 2 aromatic rings. The smallest absolute Gasteiger partial charge is 0.234 e. The molecule has 0 aliphatic rings. The van der Waals surface area contributed by atoms with Crippen LogP contribution >= 0.6 is 50.8 Å². The van der Waals surface area contributed by atoms with E-state index in [-0.39, 0.29) is 5.91 Å². The number of anilines is 1. The van der Waals surface area contributed by atoms with Crippen molar-refractivity contribution >= 4 is 62.4 Å². The minimum Gasteiger partial charge on any atom is -0.324 e. The molecule has 0 atom stereocenters. The zero-order chi connectivity index (χ0) is 14.5. The minimum atomic E-state index is -0.0551. The van der Waals surface area contributed by atoms with Crippen LogP contribution in [0.3, 0.4) is 0 Å². The second-order valence-corrected chi connectivity index (χ2v) is 7.97. The summed E-state index contributed by atoms with van der Waals surface area (Å²) in [7, 11) is 0. The lowest BCUT2D eigenvalue weighted by atomic mass is 10.2. The zero-order valence-corrected chi connectivity index (χ0v) is 14.9. The molecule has 106 valence electrons. The fourth-order valence-corrected chi connectivity index (χ4v) is 4.20. The number of nitrogens with one attached hydrogen (secondary N) is 1. The maximum atomic E-state index is 11.9. The van der Waals surface area contributed by atoms with Gasteiger partial charge in [-0.15, -0.1) is 10.2 Å². The van der Waals surface area contributed by atoms with Crippen molar-refractivity contribution in [3.05, 3.63) is 28.2 Å². The summed E-state index contributed by atoms with van der Waals surface area (Å²) in [4.78, 5) is 11.9. The van der Waals surface area contributed by atoms with Gasteiger partial charge >= 0.3 is 0 Å². The lowest BCUT2D eigenvalue weighted by molar-refractivity contribution is -0.113. The van der Waals surface area contributed by atoms with Gasteiger partial charge in [-0.1, -0.05) is 40.9 Å². The van der Waals surface area contributed by atoms with E-state index in [1.54, 1.807) is 11.8 Å². The maximum Gasteiger partial charge on any atom is 0.234 e.